The van der Waals surface area contributed by atoms with Crippen LogP contribution in [0.3, 0.4) is 0 Å². The van der Waals surface area contributed by atoms with Crippen LogP contribution in [0, 0.1) is 5.92 Å². The van der Waals surface area contributed by atoms with Gasteiger partial charge in [0.05, 0.1) is 0 Å². The zero-order valence-corrected chi connectivity index (χ0v) is 18.7. The van der Waals surface area contributed by atoms with Crippen molar-refractivity contribution in [1.29, 1.82) is 0 Å². The summed E-state index contributed by atoms with van der Waals surface area (Å²) in [5.41, 5.74) is 1.27. The molecule has 6 nitrogen and oxygen atoms in total. The van der Waals surface area contributed by atoms with Gasteiger partial charge in [0.15, 0.2) is 0 Å². The smallest absolute Gasteiger partial charge is 0.225 e. The van der Waals surface area contributed by atoms with Crippen LogP contribution in [0.5, 0.6) is 0 Å². The first-order valence-electron chi connectivity index (χ1n) is 12.0. The first kappa shape index (κ1) is 23.3. The molecule has 0 saturated carbocycles. The Morgan fingerprint density at radius 1 is 0.903 bits per heavy atom. The van der Waals surface area contributed by atoms with E-state index in [2.05, 4.69) is 17.4 Å². The van der Waals surface area contributed by atoms with Crippen molar-refractivity contribution in [3.8, 4) is 0 Å². The van der Waals surface area contributed by atoms with Gasteiger partial charge in [-0.2, -0.15) is 0 Å². The van der Waals surface area contributed by atoms with E-state index < -0.39 is 0 Å². The van der Waals surface area contributed by atoms with Gasteiger partial charge in [-0.3, -0.25) is 14.4 Å². The highest BCUT2D eigenvalue weighted by molar-refractivity contribution is 5.81. The molecule has 0 spiro atoms. The monoisotopic (exact) mass is 427 g/mol. The van der Waals surface area contributed by atoms with Crippen LogP contribution in [-0.2, 0) is 20.8 Å². The summed E-state index contributed by atoms with van der Waals surface area (Å²) in [6.07, 6.45) is 8.37. The summed E-state index contributed by atoms with van der Waals surface area (Å²) in [6.45, 7) is 3.31. The van der Waals surface area contributed by atoms with Gasteiger partial charge in [-0.05, 0) is 44.1 Å². The van der Waals surface area contributed by atoms with Crippen LogP contribution >= 0.6 is 0 Å². The summed E-state index contributed by atoms with van der Waals surface area (Å²) >= 11 is 0. The van der Waals surface area contributed by atoms with E-state index in [1.54, 1.807) is 0 Å². The lowest BCUT2D eigenvalue weighted by molar-refractivity contribution is -0.141. The van der Waals surface area contributed by atoms with Crippen LogP contribution in [0.1, 0.15) is 63.4 Å². The number of hydrogen-bond acceptors (Lipinski definition) is 3. The highest BCUT2D eigenvalue weighted by atomic mass is 16.2. The van der Waals surface area contributed by atoms with Gasteiger partial charge in [-0.15, -0.1) is 0 Å². The molecule has 3 rings (SSSR count). The van der Waals surface area contributed by atoms with Gasteiger partial charge < -0.3 is 15.1 Å². The Labute approximate surface area is 186 Å². The van der Waals surface area contributed by atoms with Crippen molar-refractivity contribution >= 4 is 17.7 Å². The van der Waals surface area contributed by atoms with Gasteiger partial charge in [0.1, 0.15) is 0 Å². The Morgan fingerprint density at radius 3 is 2.42 bits per heavy atom. The highest BCUT2D eigenvalue weighted by Gasteiger charge is 2.30. The quantitative estimate of drug-likeness (QED) is 0.785. The summed E-state index contributed by atoms with van der Waals surface area (Å²) in [5.74, 6) is 0.383. The second-order valence-electron chi connectivity index (χ2n) is 8.83. The predicted molar refractivity (Wildman–Crippen MR) is 121 cm³/mol. The van der Waals surface area contributed by atoms with E-state index in [9.17, 15) is 14.4 Å². The summed E-state index contributed by atoms with van der Waals surface area (Å²) in [5, 5.41) is 2.94. The molecule has 0 atom stereocenters. The van der Waals surface area contributed by atoms with Crippen molar-refractivity contribution in [2.24, 2.45) is 5.92 Å². The highest BCUT2D eigenvalue weighted by Crippen LogP contribution is 2.21. The summed E-state index contributed by atoms with van der Waals surface area (Å²) < 4.78 is 0. The molecular formula is C25H37N3O3. The minimum Gasteiger partial charge on any atom is -0.356 e. The molecule has 0 aliphatic carbocycles. The third-order valence-electron chi connectivity index (χ3n) is 6.49. The number of carbonyl (C=O) groups excluding carboxylic acids is 3. The summed E-state index contributed by atoms with van der Waals surface area (Å²) in [7, 11) is 0. The predicted octanol–water partition coefficient (Wildman–Crippen LogP) is 3.16. The third-order valence-corrected chi connectivity index (χ3v) is 6.49. The van der Waals surface area contributed by atoms with Crippen molar-refractivity contribution in [3.63, 3.8) is 0 Å². The number of aryl methyl sites for hydroxylation is 1. The number of likely N-dealkylation sites (tertiary alicyclic amines) is 1. The van der Waals surface area contributed by atoms with Crippen LogP contribution in [0.25, 0.3) is 0 Å². The maximum absolute atomic E-state index is 13.1. The van der Waals surface area contributed by atoms with E-state index >= 15 is 0 Å². The van der Waals surface area contributed by atoms with Crippen molar-refractivity contribution in [1.82, 2.24) is 15.1 Å². The lowest BCUT2D eigenvalue weighted by Crippen LogP contribution is -2.45. The molecule has 1 aromatic rings. The van der Waals surface area contributed by atoms with Crippen LogP contribution in [0.4, 0.5) is 0 Å². The molecule has 0 radical (unpaired) electrons. The second-order valence-corrected chi connectivity index (χ2v) is 8.83. The van der Waals surface area contributed by atoms with Gasteiger partial charge in [-0.25, -0.2) is 0 Å². The van der Waals surface area contributed by atoms with E-state index in [4.69, 9.17) is 0 Å². The van der Waals surface area contributed by atoms with Crippen LogP contribution in [0.2, 0.25) is 0 Å². The van der Waals surface area contributed by atoms with Crippen molar-refractivity contribution < 1.29 is 14.4 Å². The molecule has 2 saturated heterocycles. The average Bonchev–Trinajstić information content (AvgIpc) is 2.85. The number of piperidine rings is 1. The van der Waals surface area contributed by atoms with Crippen LogP contribution in [-0.4, -0.2) is 60.2 Å². The van der Waals surface area contributed by atoms with E-state index in [1.165, 1.54) is 5.56 Å². The number of rotatable bonds is 5. The van der Waals surface area contributed by atoms with E-state index in [1.807, 2.05) is 28.0 Å². The molecule has 2 aliphatic rings. The standard InChI is InChI=1S/C25H37N3O3/c29-23-15-20-28(17-7-2-1-6-16-26-23)25(31)22-13-18-27(19-14-22)24(30)12-8-11-21-9-4-3-5-10-21/h3-5,9-10,22H,1-2,6-8,11-20H2,(H,26,29). The molecule has 170 valence electrons. The molecule has 31 heavy (non-hydrogen) atoms. The zero-order chi connectivity index (χ0) is 21.9. The maximum Gasteiger partial charge on any atom is 0.225 e. The van der Waals surface area contributed by atoms with E-state index in [0.29, 0.717) is 32.5 Å². The molecule has 2 heterocycles. The minimum atomic E-state index is -0.0263. The zero-order valence-electron chi connectivity index (χ0n) is 18.7. The van der Waals surface area contributed by atoms with Crippen molar-refractivity contribution in [2.75, 3.05) is 32.7 Å². The van der Waals surface area contributed by atoms with Gasteiger partial charge in [-0.1, -0.05) is 43.2 Å². The lowest BCUT2D eigenvalue weighted by atomic mass is 9.94. The molecule has 3 amide bonds. The Morgan fingerprint density at radius 2 is 1.65 bits per heavy atom. The fourth-order valence-corrected chi connectivity index (χ4v) is 4.55. The first-order chi connectivity index (χ1) is 15.1. The number of carbonyl (C=O) groups is 3. The van der Waals surface area contributed by atoms with Crippen LogP contribution in [0.15, 0.2) is 30.3 Å². The number of nitrogens with one attached hydrogen (secondary N) is 1. The molecule has 1 N–H and O–H groups in total. The number of benzene rings is 1. The Kier molecular flexibility index (Phi) is 9.38. The van der Waals surface area contributed by atoms with Crippen molar-refractivity contribution in [2.45, 2.75) is 64.2 Å². The van der Waals surface area contributed by atoms with Gasteiger partial charge >= 0.3 is 0 Å². The van der Waals surface area contributed by atoms with E-state index in [-0.39, 0.29) is 23.6 Å². The lowest BCUT2D eigenvalue weighted by Gasteiger charge is -2.34. The van der Waals surface area contributed by atoms with E-state index in [0.717, 1.165) is 64.5 Å². The Balaban J connectivity index is 1.42. The average molecular weight is 428 g/mol. The summed E-state index contributed by atoms with van der Waals surface area (Å²) in [4.78, 5) is 41.5. The minimum absolute atomic E-state index is 0.0263. The fourth-order valence-electron chi connectivity index (χ4n) is 4.55. The van der Waals surface area contributed by atoms with Crippen molar-refractivity contribution in [3.05, 3.63) is 35.9 Å². The molecule has 0 aromatic heterocycles. The van der Waals surface area contributed by atoms with Gasteiger partial charge in [0.25, 0.3) is 0 Å². The molecule has 2 aliphatic heterocycles. The summed E-state index contributed by atoms with van der Waals surface area (Å²) in [6, 6.07) is 10.3. The molecule has 6 heteroatoms. The maximum atomic E-state index is 13.1. The third kappa shape index (κ3) is 7.67. The second kappa shape index (κ2) is 12.5. The molecular weight excluding hydrogens is 390 g/mol. The van der Waals surface area contributed by atoms with Gasteiger partial charge in [0, 0.05) is 51.5 Å². The number of amides is 3. The molecule has 0 unspecified atom stereocenters. The fraction of sp³-hybridized carbons (Fsp3) is 0.640. The number of nitrogens with zero attached hydrogens (tertiary/aromatic N) is 2. The number of hydrogen-bond donors (Lipinski definition) is 1. The first-order valence-corrected chi connectivity index (χ1v) is 12.0. The molecule has 0 bridgehead atoms. The topological polar surface area (TPSA) is 69.7 Å². The Bertz CT molecular complexity index is 714. The normalized spacial score (nSPS) is 19.4. The SMILES string of the molecule is O=C1CCN(C(=O)C2CCN(C(=O)CCCc3ccccc3)CC2)CCCCCCN1. The van der Waals surface area contributed by atoms with Crippen LogP contribution < -0.4 is 5.32 Å². The largest absolute Gasteiger partial charge is 0.356 e. The Hall–Kier alpha value is -2.37. The van der Waals surface area contributed by atoms with Gasteiger partial charge in [0.2, 0.25) is 17.7 Å². The molecule has 1 aromatic carbocycles. The molecule has 2 fully saturated rings.